The minimum Gasteiger partial charge on any atom is -0.439 e. The van der Waals surface area contributed by atoms with Gasteiger partial charge >= 0.3 is 6.29 Å². The number of ether oxygens (including phenoxy) is 3. The van der Waals surface area contributed by atoms with Crippen LogP contribution in [0.25, 0.3) is 10.9 Å². The van der Waals surface area contributed by atoms with Crippen molar-refractivity contribution in [2.24, 2.45) is 7.05 Å². The Kier molecular flexibility index (Phi) is 9.65. The molecule has 1 fully saturated rings. The molecule has 2 amide bonds. The van der Waals surface area contributed by atoms with Crippen LogP contribution < -0.4 is 19.5 Å². The number of hydrogen-bond acceptors (Lipinski definition) is 7. The van der Waals surface area contributed by atoms with E-state index in [1.165, 1.54) is 30.5 Å². The molecule has 4 heterocycles. The summed E-state index contributed by atoms with van der Waals surface area (Å²) in [5, 5.41) is 3.17. The van der Waals surface area contributed by atoms with Crippen molar-refractivity contribution in [1.82, 2.24) is 19.4 Å². The largest absolute Gasteiger partial charge is 0.586 e. The number of amides is 2. The molecule has 7 rings (SSSR count). The summed E-state index contributed by atoms with van der Waals surface area (Å²) < 4.78 is 85.4. The SMILES string of the molecule is Br.Cc1c(F)cc(C(=O)Nc2ccc(Oc3ccc4cc(C(=O)N5CCN(Cc6ccc7c(c6)OC(F)(F)O7)CC5)n(C)c4c3)nc2)c(F)c1F. The molecule has 2 aromatic heterocycles. The number of fused-ring (bicyclic) bond motifs is 2. The van der Waals surface area contributed by atoms with Gasteiger partial charge in [0, 0.05) is 62.9 Å². The lowest BCUT2D eigenvalue weighted by atomic mass is 10.1. The van der Waals surface area contributed by atoms with Crippen molar-refractivity contribution < 1.29 is 45.8 Å². The monoisotopic (exact) mass is 773 g/mol. The van der Waals surface area contributed by atoms with Gasteiger partial charge in [-0.05, 0) is 55.0 Å². The van der Waals surface area contributed by atoms with Crippen LogP contribution >= 0.6 is 17.0 Å². The van der Waals surface area contributed by atoms with Crippen molar-refractivity contribution in [3.63, 3.8) is 0 Å². The molecule has 0 spiro atoms. The van der Waals surface area contributed by atoms with Crippen LogP contribution in [-0.4, -0.2) is 63.6 Å². The highest BCUT2D eigenvalue weighted by atomic mass is 79.9. The van der Waals surface area contributed by atoms with E-state index in [4.69, 9.17) is 4.74 Å². The first-order chi connectivity index (χ1) is 23.8. The summed E-state index contributed by atoms with van der Waals surface area (Å²) in [4.78, 5) is 34.1. The molecule has 10 nitrogen and oxygen atoms in total. The van der Waals surface area contributed by atoms with Gasteiger partial charge in [0.2, 0.25) is 5.88 Å². The molecule has 1 saturated heterocycles. The molecule has 266 valence electrons. The number of carbonyl (C=O) groups excluding carboxylic acids is 2. The highest BCUT2D eigenvalue weighted by Gasteiger charge is 2.43. The lowest BCUT2D eigenvalue weighted by Crippen LogP contribution is -2.48. The molecule has 5 aromatic rings. The fourth-order valence-electron chi connectivity index (χ4n) is 5.88. The van der Waals surface area contributed by atoms with Gasteiger partial charge in [-0.25, -0.2) is 18.2 Å². The van der Waals surface area contributed by atoms with Crippen molar-refractivity contribution >= 4 is 45.4 Å². The van der Waals surface area contributed by atoms with E-state index < -0.39 is 40.8 Å². The third-order valence-electron chi connectivity index (χ3n) is 8.62. The van der Waals surface area contributed by atoms with Crippen molar-refractivity contribution in [2.45, 2.75) is 19.8 Å². The number of anilines is 1. The van der Waals surface area contributed by atoms with E-state index in [9.17, 15) is 31.5 Å². The predicted molar refractivity (Wildman–Crippen MR) is 180 cm³/mol. The maximum atomic E-state index is 14.2. The third kappa shape index (κ3) is 7.19. The highest BCUT2D eigenvalue weighted by Crippen LogP contribution is 2.41. The Balaban J connectivity index is 0.00000448. The summed E-state index contributed by atoms with van der Waals surface area (Å²) in [6, 6.07) is 15.3. The Labute approximate surface area is 298 Å². The number of nitrogens with zero attached hydrogens (tertiary/aromatic N) is 4. The zero-order chi connectivity index (χ0) is 35.3. The quantitative estimate of drug-likeness (QED) is 0.138. The van der Waals surface area contributed by atoms with E-state index in [-0.39, 0.29) is 46.0 Å². The van der Waals surface area contributed by atoms with Gasteiger partial charge in [0.25, 0.3) is 11.8 Å². The van der Waals surface area contributed by atoms with Crippen molar-refractivity contribution in [3.8, 4) is 23.1 Å². The molecule has 0 saturated carbocycles. The number of nitrogens with one attached hydrogen (secondary N) is 1. The summed E-state index contributed by atoms with van der Waals surface area (Å²) in [5.41, 5.74) is 0.861. The number of pyridine rings is 1. The zero-order valence-corrected chi connectivity index (χ0v) is 28.7. The Bertz CT molecular complexity index is 2160. The lowest BCUT2D eigenvalue weighted by molar-refractivity contribution is -0.286. The van der Waals surface area contributed by atoms with Crippen LogP contribution in [0.2, 0.25) is 0 Å². The van der Waals surface area contributed by atoms with Crippen molar-refractivity contribution in [2.75, 3.05) is 31.5 Å². The van der Waals surface area contributed by atoms with Crippen LogP contribution in [0.1, 0.15) is 32.0 Å². The molecule has 2 aliphatic rings. The number of alkyl halides is 2. The number of piperazine rings is 1. The van der Waals surface area contributed by atoms with Gasteiger partial charge in [0.1, 0.15) is 17.3 Å². The standard InChI is InChI=1S/C35H28F5N5O5.BrH/c1-19-25(36)16-24(32(38)31(19)37)33(46)42-22-5-8-30(41-17-22)48-23-6-4-21-14-27(43(2)26(21)15-23)34(47)45-11-9-44(10-12-45)18-20-3-7-28-29(13-20)50-35(39,40)49-28;/h3-8,13-17H,9-12,18H2,1-2H3,(H,42,46);1H. The molecule has 0 bridgehead atoms. The molecule has 1 N–H and O–H groups in total. The molecule has 3 aromatic carbocycles. The van der Waals surface area contributed by atoms with Gasteiger partial charge < -0.3 is 29.0 Å². The third-order valence-corrected chi connectivity index (χ3v) is 8.62. The summed E-state index contributed by atoms with van der Waals surface area (Å²) in [6.45, 7) is 3.71. The van der Waals surface area contributed by atoms with Crippen LogP contribution in [-0.2, 0) is 13.6 Å². The average molecular weight is 775 g/mol. The van der Waals surface area contributed by atoms with Gasteiger partial charge in [-0.15, -0.1) is 25.8 Å². The fourth-order valence-corrected chi connectivity index (χ4v) is 5.88. The molecule has 51 heavy (non-hydrogen) atoms. The Morgan fingerprint density at radius 3 is 2.39 bits per heavy atom. The summed E-state index contributed by atoms with van der Waals surface area (Å²) >= 11 is 0. The molecule has 16 heteroatoms. The van der Waals surface area contributed by atoms with E-state index >= 15 is 0 Å². The molecule has 0 radical (unpaired) electrons. The second-order valence-electron chi connectivity index (χ2n) is 11.9. The van der Waals surface area contributed by atoms with Gasteiger partial charge in [-0.1, -0.05) is 6.07 Å². The maximum Gasteiger partial charge on any atom is 0.586 e. The van der Waals surface area contributed by atoms with Crippen LogP contribution in [0.4, 0.5) is 27.6 Å². The zero-order valence-electron chi connectivity index (χ0n) is 27.0. The van der Waals surface area contributed by atoms with Gasteiger partial charge in [0.05, 0.1) is 23.0 Å². The fraction of sp³-hybridized carbons (Fsp3) is 0.229. The van der Waals surface area contributed by atoms with Crippen molar-refractivity contribution in [3.05, 3.63) is 107 Å². The van der Waals surface area contributed by atoms with Crippen LogP contribution in [0.5, 0.6) is 23.1 Å². The van der Waals surface area contributed by atoms with Crippen LogP contribution in [0.15, 0.2) is 66.9 Å². The number of rotatable bonds is 7. The summed E-state index contributed by atoms with van der Waals surface area (Å²) in [6.07, 6.45) is -2.42. The minimum absolute atomic E-state index is 0. The van der Waals surface area contributed by atoms with E-state index in [1.54, 1.807) is 40.8 Å². The first-order valence-electron chi connectivity index (χ1n) is 15.4. The Hall–Kier alpha value is -5.22. The van der Waals surface area contributed by atoms with Crippen molar-refractivity contribution in [1.29, 1.82) is 0 Å². The van der Waals surface area contributed by atoms with Gasteiger partial charge in [0.15, 0.2) is 23.1 Å². The van der Waals surface area contributed by atoms with E-state index in [0.717, 1.165) is 23.4 Å². The first kappa shape index (κ1) is 35.6. The Morgan fingerprint density at radius 2 is 1.67 bits per heavy atom. The number of carbonyl (C=O) groups is 2. The number of benzene rings is 3. The van der Waals surface area contributed by atoms with Gasteiger partial charge in [-0.2, -0.15) is 0 Å². The average Bonchev–Trinajstić information content (AvgIpc) is 3.59. The summed E-state index contributed by atoms with van der Waals surface area (Å²) in [5.74, 6) is -4.52. The number of halogens is 6. The molecule has 2 aliphatic heterocycles. The normalized spacial score (nSPS) is 15.1. The van der Waals surface area contributed by atoms with E-state index in [0.29, 0.717) is 50.2 Å². The van der Waals surface area contributed by atoms with E-state index in [1.807, 2.05) is 6.07 Å². The van der Waals surface area contributed by atoms with E-state index in [2.05, 4.69) is 24.7 Å². The van der Waals surface area contributed by atoms with Gasteiger partial charge in [-0.3, -0.25) is 14.5 Å². The first-order valence-corrected chi connectivity index (χ1v) is 15.4. The maximum absolute atomic E-state index is 14.2. The molecular formula is C35H29BrF5N5O5. The molecular weight excluding hydrogens is 745 g/mol. The predicted octanol–water partition coefficient (Wildman–Crippen LogP) is 7.20. The topological polar surface area (TPSA) is 98.2 Å². The molecule has 0 unspecified atom stereocenters. The van der Waals surface area contributed by atoms with Crippen LogP contribution in [0, 0.1) is 24.4 Å². The number of aryl methyl sites for hydroxylation is 1. The van der Waals surface area contributed by atoms with Crippen LogP contribution in [0.3, 0.4) is 0 Å². The number of hydrogen-bond donors (Lipinski definition) is 1. The number of aromatic nitrogens is 2. The second kappa shape index (κ2) is 13.8. The second-order valence-corrected chi connectivity index (χ2v) is 11.9. The molecule has 0 aliphatic carbocycles. The Morgan fingerprint density at radius 1 is 0.922 bits per heavy atom. The lowest BCUT2D eigenvalue weighted by Gasteiger charge is -2.34. The summed E-state index contributed by atoms with van der Waals surface area (Å²) in [7, 11) is 1.78. The minimum atomic E-state index is -3.67. The molecule has 0 atom stereocenters. The highest BCUT2D eigenvalue weighted by molar-refractivity contribution is 8.93. The smallest absolute Gasteiger partial charge is 0.439 e.